The van der Waals surface area contributed by atoms with E-state index in [-0.39, 0.29) is 5.75 Å². The van der Waals surface area contributed by atoms with Crippen LogP contribution < -0.4 is 0 Å². The third kappa shape index (κ3) is 2.28. The van der Waals surface area contributed by atoms with Crippen LogP contribution in [0.15, 0.2) is 24.3 Å². The Kier molecular flexibility index (Phi) is 3.30. The van der Waals surface area contributed by atoms with Gasteiger partial charge in [0.25, 0.3) is 0 Å². The second-order valence-electron chi connectivity index (χ2n) is 4.21. The molecule has 0 saturated carbocycles. The Morgan fingerprint density at radius 1 is 1.25 bits per heavy atom. The monoisotopic (exact) mass is 239 g/mol. The Hall–Kier alpha value is -0.870. The van der Waals surface area contributed by atoms with E-state index in [9.17, 15) is 8.42 Å². The van der Waals surface area contributed by atoms with E-state index in [1.54, 1.807) is 4.31 Å². The Bertz CT molecular complexity index is 468. The fourth-order valence-corrected chi connectivity index (χ4v) is 3.58. The van der Waals surface area contributed by atoms with E-state index in [2.05, 4.69) is 6.92 Å². The molecule has 0 aromatic heterocycles. The van der Waals surface area contributed by atoms with Gasteiger partial charge in [-0.15, -0.1) is 0 Å². The number of hydrogen-bond donors (Lipinski definition) is 0. The maximum Gasteiger partial charge on any atom is 0.218 e. The Balaban J connectivity index is 2.25. The number of unbranched alkanes of at least 4 members (excludes halogenated alkanes) is 1. The summed E-state index contributed by atoms with van der Waals surface area (Å²) in [5, 5.41) is 0. The van der Waals surface area contributed by atoms with Crippen LogP contribution in [-0.2, 0) is 22.3 Å². The highest BCUT2D eigenvalue weighted by atomic mass is 32.2. The van der Waals surface area contributed by atoms with Gasteiger partial charge in [0.05, 0.1) is 5.75 Å². The molecule has 0 fully saturated rings. The highest BCUT2D eigenvalue weighted by Crippen LogP contribution is 2.24. The van der Waals surface area contributed by atoms with Crippen LogP contribution in [0.5, 0.6) is 0 Å². The van der Waals surface area contributed by atoms with Crippen LogP contribution in [0, 0.1) is 0 Å². The van der Waals surface area contributed by atoms with Gasteiger partial charge in [0.1, 0.15) is 0 Å². The minimum Gasteiger partial charge on any atom is -0.212 e. The summed E-state index contributed by atoms with van der Waals surface area (Å²) in [5.74, 6) is 0.160. The second-order valence-corrected chi connectivity index (χ2v) is 6.18. The van der Waals surface area contributed by atoms with Gasteiger partial charge in [0, 0.05) is 13.1 Å². The van der Waals surface area contributed by atoms with Crippen molar-refractivity contribution in [1.29, 1.82) is 0 Å². The lowest BCUT2D eigenvalue weighted by molar-refractivity contribution is 0.389. The smallest absolute Gasteiger partial charge is 0.212 e. The molecule has 0 bridgehead atoms. The van der Waals surface area contributed by atoms with Gasteiger partial charge in [0.2, 0.25) is 10.0 Å². The van der Waals surface area contributed by atoms with Crippen LogP contribution in [-0.4, -0.2) is 19.3 Å². The zero-order chi connectivity index (χ0) is 11.6. The van der Waals surface area contributed by atoms with Crippen molar-refractivity contribution in [1.82, 2.24) is 4.31 Å². The van der Waals surface area contributed by atoms with E-state index in [1.807, 2.05) is 24.3 Å². The molecule has 0 unspecified atom stereocenters. The standard InChI is InChI=1S/C12H17NO2S/c1-2-3-8-13-9-11-6-4-5-7-12(11)10-16(13,14)15/h4-7H,2-3,8-10H2,1H3. The molecule has 1 heterocycles. The van der Waals surface area contributed by atoms with Gasteiger partial charge in [0.15, 0.2) is 0 Å². The number of benzene rings is 1. The maximum atomic E-state index is 12.0. The summed E-state index contributed by atoms with van der Waals surface area (Å²) in [6, 6.07) is 7.79. The fourth-order valence-electron chi connectivity index (χ4n) is 1.98. The minimum atomic E-state index is -3.08. The molecule has 0 N–H and O–H groups in total. The van der Waals surface area contributed by atoms with Crippen molar-refractivity contribution in [3.8, 4) is 0 Å². The summed E-state index contributed by atoms with van der Waals surface area (Å²) in [7, 11) is -3.08. The molecule has 1 aliphatic rings. The number of rotatable bonds is 3. The molecule has 0 amide bonds. The first-order valence-electron chi connectivity index (χ1n) is 5.68. The summed E-state index contributed by atoms with van der Waals surface area (Å²) in [5.41, 5.74) is 2.10. The van der Waals surface area contributed by atoms with E-state index in [1.165, 1.54) is 0 Å². The van der Waals surface area contributed by atoms with Gasteiger partial charge < -0.3 is 0 Å². The molecular weight excluding hydrogens is 222 g/mol. The molecule has 3 nitrogen and oxygen atoms in total. The lowest BCUT2D eigenvalue weighted by Crippen LogP contribution is -2.36. The van der Waals surface area contributed by atoms with Crippen molar-refractivity contribution < 1.29 is 8.42 Å². The number of fused-ring (bicyclic) bond motifs is 1. The van der Waals surface area contributed by atoms with Crippen LogP contribution in [0.4, 0.5) is 0 Å². The van der Waals surface area contributed by atoms with E-state index in [4.69, 9.17) is 0 Å². The molecular formula is C12H17NO2S. The van der Waals surface area contributed by atoms with Crippen molar-refractivity contribution >= 4 is 10.0 Å². The van der Waals surface area contributed by atoms with Crippen molar-refractivity contribution in [2.75, 3.05) is 6.54 Å². The highest BCUT2D eigenvalue weighted by molar-refractivity contribution is 7.88. The third-order valence-electron chi connectivity index (χ3n) is 2.96. The van der Waals surface area contributed by atoms with E-state index in [0.29, 0.717) is 13.1 Å². The highest BCUT2D eigenvalue weighted by Gasteiger charge is 2.28. The lowest BCUT2D eigenvalue weighted by Gasteiger charge is -2.28. The van der Waals surface area contributed by atoms with E-state index >= 15 is 0 Å². The quantitative estimate of drug-likeness (QED) is 0.810. The molecule has 16 heavy (non-hydrogen) atoms. The number of sulfonamides is 1. The van der Waals surface area contributed by atoms with Crippen LogP contribution in [0.1, 0.15) is 30.9 Å². The second kappa shape index (κ2) is 4.55. The predicted octanol–water partition coefficient (Wildman–Crippen LogP) is 2.13. The average molecular weight is 239 g/mol. The van der Waals surface area contributed by atoms with Crippen LogP contribution in [0.2, 0.25) is 0 Å². The van der Waals surface area contributed by atoms with Crippen molar-refractivity contribution in [2.45, 2.75) is 32.1 Å². The number of nitrogens with zero attached hydrogens (tertiary/aromatic N) is 1. The molecule has 0 atom stereocenters. The molecule has 0 saturated heterocycles. The minimum absolute atomic E-state index is 0.160. The zero-order valence-corrected chi connectivity index (χ0v) is 10.3. The molecule has 88 valence electrons. The topological polar surface area (TPSA) is 37.4 Å². The largest absolute Gasteiger partial charge is 0.218 e. The normalized spacial score (nSPS) is 19.3. The first kappa shape index (κ1) is 11.6. The molecule has 0 aliphatic carbocycles. The Morgan fingerprint density at radius 2 is 1.94 bits per heavy atom. The van der Waals surface area contributed by atoms with Gasteiger partial charge in [-0.1, -0.05) is 37.6 Å². The maximum absolute atomic E-state index is 12.0. The predicted molar refractivity (Wildman–Crippen MR) is 64.4 cm³/mol. The summed E-state index contributed by atoms with van der Waals surface area (Å²) < 4.78 is 25.6. The Labute approximate surface area is 97.1 Å². The van der Waals surface area contributed by atoms with E-state index < -0.39 is 10.0 Å². The SMILES string of the molecule is CCCCN1Cc2ccccc2CS1(=O)=O. The molecule has 1 aromatic rings. The average Bonchev–Trinajstić information content (AvgIpc) is 2.25. The summed E-state index contributed by atoms with van der Waals surface area (Å²) >= 11 is 0. The molecule has 0 spiro atoms. The third-order valence-corrected chi connectivity index (χ3v) is 4.73. The first-order valence-corrected chi connectivity index (χ1v) is 7.29. The molecule has 0 radical (unpaired) electrons. The zero-order valence-electron chi connectivity index (χ0n) is 9.52. The van der Waals surface area contributed by atoms with Gasteiger partial charge in [-0.05, 0) is 17.5 Å². The van der Waals surface area contributed by atoms with E-state index in [0.717, 1.165) is 24.0 Å². The number of hydrogen-bond acceptors (Lipinski definition) is 2. The van der Waals surface area contributed by atoms with Crippen LogP contribution >= 0.6 is 0 Å². The molecule has 2 rings (SSSR count). The van der Waals surface area contributed by atoms with Crippen LogP contribution in [0.3, 0.4) is 0 Å². The molecule has 1 aromatic carbocycles. The first-order chi connectivity index (χ1) is 7.63. The lowest BCUT2D eigenvalue weighted by atomic mass is 10.1. The van der Waals surface area contributed by atoms with Crippen molar-refractivity contribution in [2.24, 2.45) is 0 Å². The Morgan fingerprint density at radius 3 is 2.62 bits per heavy atom. The van der Waals surface area contributed by atoms with Gasteiger partial charge in [-0.2, -0.15) is 4.31 Å². The van der Waals surface area contributed by atoms with Gasteiger partial charge in [-0.25, -0.2) is 8.42 Å². The molecule has 4 heteroatoms. The van der Waals surface area contributed by atoms with Crippen molar-refractivity contribution in [3.05, 3.63) is 35.4 Å². The van der Waals surface area contributed by atoms with Gasteiger partial charge in [-0.3, -0.25) is 0 Å². The summed E-state index contributed by atoms with van der Waals surface area (Å²) in [6.45, 7) is 3.26. The summed E-state index contributed by atoms with van der Waals surface area (Å²) in [6.07, 6.45) is 1.95. The molecule has 1 aliphatic heterocycles. The fraction of sp³-hybridized carbons (Fsp3) is 0.500. The van der Waals surface area contributed by atoms with Crippen LogP contribution in [0.25, 0.3) is 0 Å². The van der Waals surface area contributed by atoms with Crippen molar-refractivity contribution in [3.63, 3.8) is 0 Å². The summed E-state index contributed by atoms with van der Waals surface area (Å²) in [4.78, 5) is 0. The van der Waals surface area contributed by atoms with Gasteiger partial charge >= 0.3 is 0 Å².